The number of carbonyl (C=O) groups is 2. The van der Waals surface area contributed by atoms with E-state index in [1.54, 1.807) is 24.7 Å². The van der Waals surface area contributed by atoms with Crippen LogP contribution in [0.1, 0.15) is 45.4 Å². The van der Waals surface area contributed by atoms with E-state index < -0.39 is 0 Å². The average molecular weight is 440 g/mol. The molecule has 1 fully saturated rings. The van der Waals surface area contributed by atoms with Crippen molar-refractivity contribution >= 4 is 33.4 Å². The van der Waals surface area contributed by atoms with Gasteiger partial charge in [-0.1, -0.05) is 6.07 Å². The zero-order valence-corrected chi connectivity index (χ0v) is 18.7. The number of nitrogens with zero attached hydrogens (tertiary/aromatic N) is 4. The van der Waals surface area contributed by atoms with Gasteiger partial charge in [-0.05, 0) is 38.0 Å². The molecule has 8 nitrogen and oxygen atoms in total. The number of rotatable bonds is 5. The maximum atomic E-state index is 12.9. The molecular formula is C22H25N5O3S. The first kappa shape index (κ1) is 21.2. The van der Waals surface area contributed by atoms with Gasteiger partial charge in [-0.3, -0.25) is 14.2 Å². The molecular weight excluding hydrogens is 414 g/mol. The molecule has 1 saturated heterocycles. The van der Waals surface area contributed by atoms with Gasteiger partial charge in [-0.25, -0.2) is 9.78 Å². The average Bonchev–Trinajstić information content (AvgIpc) is 3.36. The monoisotopic (exact) mass is 439 g/mol. The Labute approximate surface area is 183 Å². The van der Waals surface area contributed by atoms with E-state index in [9.17, 15) is 14.4 Å². The van der Waals surface area contributed by atoms with Crippen molar-refractivity contribution in [3.05, 3.63) is 56.7 Å². The number of amides is 2. The largest absolute Gasteiger partial charge is 0.354 e. The second-order valence-corrected chi connectivity index (χ2v) is 8.83. The maximum absolute atomic E-state index is 12.9. The fourth-order valence-corrected chi connectivity index (χ4v) is 5.45. The minimum absolute atomic E-state index is 0.00790. The highest BCUT2D eigenvalue weighted by molar-refractivity contribution is 7.20. The molecule has 31 heavy (non-hydrogen) atoms. The Morgan fingerprint density at radius 1 is 1.32 bits per heavy atom. The fraction of sp³-hybridized carbons (Fsp3) is 0.409. The number of nitrogens with one attached hydrogen (secondary N) is 1. The molecule has 0 spiro atoms. The van der Waals surface area contributed by atoms with Crippen molar-refractivity contribution in [2.45, 2.75) is 39.2 Å². The highest BCUT2D eigenvalue weighted by atomic mass is 32.1. The summed E-state index contributed by atoms with van der Waals surface area (Å²) in [5.74, 6) is -0.0299. The molecule has 162 valence electrons. The van der Waals surface area contributed by atoms with Crippen molar-refractivity contribution in [1.82, 2.24) is 24.8 Å². The molecule has 0 aromatic carbocycles. The number of thiophene rings is 1. The lowest BCUT2D eigenvalue weighted by atomic mass is 9.95. The second kappa shape index (κ2) is 8.58. The number of fused-ring (bicyclic) bond motifs is 1. The summed E-state index contributed by atoms with van der Waals surface area (Å²) in [5.41, 5.74) is 2.14. The Morgan fingerprint density at radius 3 is 2.87 bits per heavy atom. The molecule has 0 saturated carbocycles. The third-order valence-corrected chi connectivity index (χ3v) is 6.91. The van der Waals surface area contributed by atoms with E-state index in [4.69, 9.17) is 0 Å². The molecule has 1 atom stereocenters. The fourth-order valence-electron chi connectivity index (χ4n) is 4.27. The van der Waals surface area contributed by atoms with Gasteiger partial charge < -0.3 is 10.2 Å². The molecule has 0 radical (unpaired) electrons. The van der Waals surface area contributed by atoms with E-state index in [0.717, 1.165) is 27.9 Å². The van der Waals surface area contributed by atoms with Crippen LogP contribution in [0.4, 0.5) is 0 Å². The van der Waals surface area contributed by atoms with E-state index in [0.29, 0.717) is 30.2 Å². The van der Waals surface area contributed by atoms with Gasteiger partial charge in [-0.15, -0.1) is 11.3 Å². The van der Waals surface area contributed by atoms with Gasteiger partial charge in [0.2, 0.25) is 5.91 Å². The van der Waals surface area contributed by atoms with Gasteiger partial charge >= 0.3 is 5.69 Å². The molecule has 0 unspecified atom stereocenters. The van der Waals surface area contributed by atoms with E-state index in [2.05, 4.69) is 15.3 Å². The summed E-state index contributed by atoms with van der Waals surface area (Å²) in [7, 11) is 1.62. The molecule has 3 aromatic rings. The summed E-state index contributed by atoms with van der Waals surface area (Å²) in [6, 6.07) is 5.71. The number of likely N-dealkylation sites (tertiary alicyclic amines) is 1. The van der Waals surface area contributed by atoms with Gasteiger partial charge in [0.05, 0.1) is 4.88 Å². The molecule has 2 amide bonds. The number of carbonyl (C=O) groups excluding carboxylic acids is 2. The smallest absolute Gasteiger partial charge is 0.347 e. The first-order chi connectivity index (χ1) is 14.9. The lowest BCUT2D eigenvalue weighted by Crippen LogP contribution is -2.32. The third kappa shape index (κ3) is 4.10. The van der Waals surface area contributed by atoms with Crippen LogP contribution >= 0.6 is 11.3 Å². The lowest BCUT2D eigenvalue weighted by Gasteiger charge is -2.18. The van der Waals surface area contributed by atoms with E-state index in [1.165, 1.54) is 11.3 Å². The Morgan fingerprint density at radius 2 is 2.13 bits per heavy atom. The molecule has 0 aliphatic carbocycles. The van der Waals surface area contributed by atoms with Crippen LogP contribution in [0, 0.1) is 13.8 Å². The second-order valence-electron chi connectivity index (χ2n) is 7.83. The minimum Gasteiger partial charge on any atom is -0.354 e. The van der Waals surface area contributed by atoms with Crippen molar-refractivity contribution in [2.75, 3.05) is 20.1 Å². The number of aryl methyl sites for hydroxylation is 2. The Balaban J connectivity index is 1.51. The zero-order chi connectivity index (χ0) is 22.1. The van der Waals surface area contributed by atoms with Crippen LogP contribution in [0.5, 0.6) is 0 Å². The minimum atomic E-state index is -0.322. The molecule has 0 bridgehead atoms. The lowest BCUT2D eigenvalue weighted by molar-refractivity contribution is -0.130. The predicted molar refractivity (Wildman–Crippen MR) is 120 cm³/mol. The summed E-state index contributed by atoms with van der Waals surface area (Å²) in [5, 5.41) is 3.70. The molecule has 4 heterocycles. The summed E-state index contributed by atoms with van der Waals surface area (Å²) in [6.45, 7) is 5.14. The van der Waals surface area contributed by atoms with Gasteiger partial charge in [0.1, 0.15) is 4.83 Å². The molecule has 1 aliphatic rings. The van der Waals surface area contributed by atoms with Crippen LogP contribution in [0.3, 0.4) is 0 Å². The third-order valence-electron chi connectivity index (χ3n) is 5.78. The molecule has 3 aromatic heterocycles. The first-order valence-electron chi connectivity index (χ1n) is 10.3. The molecule has 4 rings (SSSR count). The quantitative estimate of drug-likeness (QED) is 0.658. The van der Waals surface area contributed by atoms with Crippen LogP contribution in [-0.2, 0) is 11.3 Å². The van der Waals surface area contributed by atoms with Crippen molar-refractivity contribution in [2.24, 2.45) is 0 Å². The van der Waals surface area contributed by atoms with Crippen LogP contribution in [-0.4, -0.2) is 51.4 Å². The van der Waals surface area contributed by atoms with Gasteiger partial charge in [-0.2, -0.15) is 4.98 Å². The first-order valence-corrected chi connectivity index (χ1v) is 11.1. The zero-order valence-electron chi connectivity index (χ0n) is 17.8. The van der Waals surface area contributed by atoms with Gasteiger partial charge in [0.15, 0.2) is 0 Å². The van der Waals surface area contributed by atoms with Crippen molar-refractivity contribution in [3.63, 3.8) is 0 Å². The van der Waals surface area contributed by atoms with E-state index in [1.807, 2.05) is 30.0 Å². The van der Waals surface area contributed by atoms with Crippen molar-refractivity contribution in [3.8, 4) is 0 Å². The molecule has 9 heteroatoms. The predicted octanol–water partition coefficient (Wildman–Crippen LogP) is 2.24. The SMILES string of the molecule is CNC(=O)c1sc2ncccc2c1[C@H]1CCN(C(=O)CCn2c(C)cc(C)nc2=O)C1. The number of hydrogen-bond acceptors (Lipinski definition) is 6. The maximum Gasteiger partial charge on any atom is 0.347 e. The summed E-state index contributed by atoms with van der Waals surface area (Å²) in [4.78, 5) is 49.2. The Hall–Kier alpha value is -3.07. The highest BCUT2D eigenvalue weighted by Gasteiger charge is 2.32. The number of aromatic nitrogens is 3. The van der Waals surface area contributed by atoms with Crippen LogP contribution < -0.4 is 11.0 Å². The normalized spacial score (nSPS) is 16.1. The Bertz CT molecular complexity index is 1220. The summed E-state index contributed by atoms with van der Waals surface area (Å²) >= 11 is 1.39. The Kier molecular flexibility index (Phi) is 5.86. The number of pyridine rings is 1. The van der Waals surface area contributed by atoms with E-state index >= 15 is 0 Å². The highest BCUT2D eigenvalue weighted by Crippen LogP contribution is 2.39. The molecule has 1 aliphatic heterocycles. The molecule has 1 N–H and O–H groups in total. The van der Waals surface area contributed by atoms with Crippen molar-refractivity contribution < 1.29 is 9.59 Å². The number of hydrogen-bond donors (Lipinski definition) is 1. The van der Waals surface area contributed by atoms with E-state index in [-0.39, 0.29) is 29.8 Å². The van der Waals surface area contributed by atoms with Gasteiger partial charge in [0.25, 0.3) is 5.91 Å². The van der Waals surface area contributed by atoms with Crippen LogP contribution in [0.2, 0.25) is 0 Å². The van der Waals surface area contributed by atoms with Crippen LogP contribution in [0.15, 0.2) is 29.2 Å². The van der Waals surface area contributed by atoms with Gasteiger partial charge in [0, 0.05) is 62.0 Å². The van der Waals surface area contributed by atoms with Crippen LogP contribution in [0.25, 0.3) is 10.2 Å². The summed E-state index contributed by atoms with van der Waals surface area (Å²) < 4.78 is 1.54. The standard InChI is InChI=1S/C22H25N5O3S/c1-13-11-14(2)27(22(30)25-13)10-7-17(28)26-9-6-15(12-26)18-16-5-4-8-24-21(16)31-19(18)20(29)23-3/h4-5,8,11,15H,6-7,9-10,12H2,1-3H3,(H,23,29)/t15-/m0/s1. The topological polar surface area (TPSA) is 97.2 Å². The summed E-state index contributed by atoms with van der Waals surface area (Å²) in [6.07, 6.45) is 2.76. The van der Waals surface area contributed by atoms with Crippen molar-refractivity contribution in [1.29, 1.82) is 0 Å².